The Hall–Kier alpha value is -5.17. The second kappa shape index (κ2) is 15.6. The highest BCUT2D eigenvalue weighted by Gasteiger charge is 2.45. The van der Waals surface area contributed by atoms with E-state index in [-0.39, 0.29) is 13.0 Å². The first-order valence-electron chi connectivity index (χ1n) is 16.5. The summed E-state index contributed by atoms with van der Waals surface area (Å²) in [5.74, 6) is -1.49. The molecule has 3 amide bonds. The number of nitrogens with one attached hydrogen (secondary N) is 2. The lowest BCUT2D eigenvalue weighted by molar-refractivity contribution is -0.199. The number of hydrogen-bond donors (Lipinski definition) is 4. The molecule has 4 aromatic rings. The van der Waals surface area contributed by atoms with Crippen LogP contribution in [0.15, 0.2) is 97.5 Å². The summed E-state index contributed by atoms with van der Waals surface area (Å²) in [5.41, 5.74) is 4.68. The third-order valence-corrected chi connectivity index (χ3v) is 8.82. The SMILES string of the molecule is COC(=O)N[C@H](C(=O)NN(Cc1ccc(-c2cnccn2)cc1)C[C@@](O)(Cc1ccccc1)C(=O)N(O)C1CCc2ccccc21)C(C)(C)C. The Bertz CT molecular complexity index is 1770. The minimum Gasteiger partial charge on any atom is -0.453 e. The summed E-state index contributed by atoms with van der Waals surface area (Å²) in [4.78, 5) is 49.0. The molecule has 50 heavy (non-hydrogen) atoms. The van der Waals surface area contributed by atoms with E-state index in [1.165, 1.54) is 12.1 Å². The second-order valence-electron chi connectivity index (χ2n) is 13.7. The molecule has 3 atom stereocenters. The van der Waals surface area contributed by atoms with Gasteiger partial charge >= 0.3 is 6.09 Å². The van der Waals surface area contributed by atoms with Gasteiger partial charge in [-0.25, -0.2) is 14.9 Å². The average molecular weight is 681 g/mol. The molecule has 5 rings (SSSR count). The van der Waals surface area contributed by atoms with E-state index in [0.29, 0.717) is 29.2 Å². The predicted octanol–water partition coefficient (Wildman–Crippen LogP) is 4.63. The highest BCUT2D eigenvalue weighted by Crippen LogP contribution is 2.36. The zero-order valence-electron chi connectivity index (χ0n) is 28.7. The van der Waals surface area contributed by atoms with E-state index in [2.05, 4.69) is 20.7 Å². The van der Waals surface area contributed by atoms with Gasteiger partial charge in [-0.3, -0.25) is 30.2 Å². The van der Waals surface area contributed by atoms with Gasteiger partial charge in [-0.1, -0.05) is 99.6 Å². The van der Waals surface area contributed by atoms with Crippen LogP contribution in [0.25, 0.3) is 11.3 Å². The van der Waals surface area contributed by atoms with Crippen LogP contribution in [0, 0.1) is 5.41 Å². The molecule has 0 spiro atoms. The number of methoxy groups -OCH3 is 1. The van der Waals surface area contributed by atoms with Crippen molar-refractivity contribution in [3.63, 3.8) is 0 Å². The van der Waals surface area contributed by atoms with Crippen LogP contribution >= 0.6 is 0 Å². The van der Waals surface area contributed by atoms with Crippen molar-refractivity contribution in [3.05, 3.63) is 120 Å². The van der Waals surface area contributed by atoms with E-state index in [0.717, 1.165) is 22.3 Å². The van der Waals surface area contributed by atoms with Crippen molar-refractivity contribution < 1.29 is 29.4 Å². The van der Waals surface area contributed by atoms with Gasteiger partial charge in [0, 0.05) is 30.9 Å². The number of rotatable bonds is 12. The van der Waals surface area contributed by atoms with Crippen molar-refractivity contribution in [3.8, 4) is 11.3 Å². The molecule has 1 aliphatic rings. The van der Waals surface area contributed by atoms with Crippen molar-refractivity contribution in [2.45, 2.75) is 64.3 Å². The number of aryl methyl sites for hydroxylation is 1. The molecule has 4 N–H and O–H groups in total. The molecular weight excluding hydrogens is 636 g/mol. The minimum absolute atomic E-state index is 0.0592. The van der Waals surface area contributed by atoms with Crippen LogP contribution in [0.3, 0.4) is 0 Å². The third-order valence-electron chi connectivity index (χ3n) is 8.82. The average Bonchev–Trinajstić information content (AvgIpc) is 3.54. The Morgan fingerprint density at radius 1 is 0.960 bits per heavy atom. The van der Waals surface area contributed by atoms with Gasteiger partial charge in [0.2, 0.25) is 0 Å². The molecule has 0 bridgehead atoms. The predicted molar refractivity (Wildman–Crippen MR) is 186 cm³/mol. The van der Waals surface area contributed by atoms with Crippen LogP contribution in [-0.2, 0) is 33.7 Å². The summed E-state index contributed by atoms with van der Waals surface area (Å²) >= 11 is 0. The molecule has 1 heterocycles. The van der Waals surface area contributed by atoms with Crippen LogP contribution in [0.5, 0.6) is 0 Å². The van der Waals surface area contributed by atoms with Crippen LogP contribution in [0.4, 0.5) is 4.79 Å². The van der Waals surface area contributed by atoms with Gasteiger partial charge in [-0.15, -0.1) is 0 Å². The largest absolute Gasteiger partial charge is 0.453 e. The van der Waals surface area contributed by atoms with Crippen LogP contribution in [0.2, 0.25) is 0 Å². The standard InChI is InChI=1S/C38H44N6O6/c1-37(2,3)33(41-36(47)50-4)34(45)42-43(24-27-14-16-29(17-15-27)31-23-39-20-21-40-31)25-38(48,22-26-10-6-5-7-11-26)35(46)44(49)32-19-18-28-12-8-9-13-30(28)32/h5-17,20-21,23,32-33,48-49H,18-19,22,24-25H2,1-4H3,(H,41,47)(H,42,45)/t32?,33-,38+/m1/s1. The van der Waals surface area contributed by atoms with Crippen LogP contribution < -0.4 is 10.7 Å². The molecule has 0 aliphatic heterocycles. The number of hydroxylamine groups is 2. The third kappa shape index (κ3) is 8.70. The van der Waals surface area contributed by atoms with E-state index < -0.39 is 47.6 Å². The number of alkyl carbamates (subject to hydrolysis) is 1. The van der Waals surface area contributed by atoms with Crippen LogP contribution in [0.1, 0.15) is 55.5 Å². The number of carbonyl (C=O) groups excluding carboxylic acids is 3. The zero-order valence-corrected chi connectivity index (χ0v) is 28.7. The Labute approximate surface area is 292 Å². The second-order valence-corrected chi connectivity index (χ2v) is 13.7. The van der Waals surface area contributed by atoms with Crippen molar-refractivity contribution in [2.24, 2.45) is 5.41 Å². The number of carbonyl (C=O) groups is 3. The molecule has 1 aliphatic carbocycles. The number of hydrazine groups is 1. The summed E-state index contributed by atoms with van der Waals surface area (Å²) < 4.78 is 4.78. The monoisotopic (exact) mass is 680 g/mol. The van der Waals surface area contributed by atoms with E-state index in [9.17, 15) is 24.7 Å². The van der Waals surface area contributed by atoms with Gasteiger partial charge in [0.05, 0.1) is 31.6 Å². The van der Waals surface area contributed by atoms with E-state index >= 15 is 0 Å². The number of aliphatic hydroxyl groups is 1. The van der Waals surface area contributed by atoms with Gasteiger partial charge in [0.25, 0.3) is 11.8 Å². The maximum absolute atomic E-state index is 14.3. The normalized spacial score (nSPS) is 15.8. The molecule has 0 fully saturated rings. The molecule has 1 unspecified atom stereocenters. The fourth-order valence-corrected chi connectivity index (χ4v) is 6.25. The fraction of sp³-hybridized carbons (Fsp3) is 0.342. The quantitative estimate of drug-likeness (QED) is 0.124. The number of ether oxygens (including phenoxy) is 1. The molecule has 12 nitrogen and oxygen atoms in total. The number of nitrogens with zero attached hydrogens (tertiary/aromatic N) is 4. The van der Waals surface area contributed by atoms with E-state index in [4.69, 9.17) is 4.74 Å². The Balaban J connectivity index is 1.49. The Kier molecular flexibility index (Phi) is 11.3. The number of amides is 3. The smallest absolute Gasteiger partial charge is 0.407 e. The first-order valence-corrected chi connectivity index (χ1v) is 16.5. The van der Waals surface area contributed by atoms with E-state index in [1.807, 2.05) is 54.6 Å². The maximum Gasteiger partial charge on any atom is 0.407 e. The highest BCUT2D eigenvalue weighted by atomic mass is 16.5. The van der Waals surface area contributed by atoms with Crippen LogP contribution in [-0.4, -0.2) is 73.6 Å². The number of hydrogen-bond acceptors (Lipinski definition) is 9. The Morgan fingerprint density at radius 2 is 1.66 bits per heavy atom. The van der Waals surface area contributed by atoms with Crippen molar-refractivity contribution >= 4 is 17.9 Å². The zero-order chi connectivity index (χ0) is 35.9. The molecule has 3 aromatic carbocycles. The lowest BCUT2D eigenvalue weighted by atomic mass is 9.86. The van der Waals surface area contributed by atoms with Crippen molar-refractivity contribution in [1.82, 2.24) is 30.8 Å². The van der Waals surface area contributed by atoms with Gasteiger partial charge in [0.15, 0.2) is 5.60 Å². The summed E-state index contributed by atoms with van der Waals surface area (Å²) in [6.07, 6.45) is 5.09. The lowest BCUT2D eigenvalue weighted by Crippen LogP contribution is -2.62. The first kappa shape index (κ1) is 36.1. The maximum atomic E-state index is 14.3. The summed E-state index contributed by atoms with van der Waals surface area (Å²) in [5, 5.41) is 28.5. The van der Waals surface area contributed by atoms with Gasteiger partial charge in [0.1, 0.15) is 6.04 Å². The van der Waals surface area contributed by atoms with Crippen molar-refractivity contribution in [2.75, 3.05) is 13.7 Å². The Morgan fingerprint density at radius 3 is 2.32 bits per heavy atom. The molecule has 0 radical (unpaired) electrons. The summed E-state index contributed by atoms with van der Waals surface area (Å²) in [6.45, 7) is 5.03. The molecule has 0 saturated carbocycles. The lowest BCUT2D eigenvalue weighted by Gasteiger charge is -2.38. The van der Waals surface area contributed by atoms with E-state index in [1.54, 1.807) is 63.6 Å². The molecule has 262 valence electrons. The summed E-state index contributed by atoms with van der Waals surface area (Å²) in [7, 11) is 1.21. The summed E-state index contributed by atoms with van der Waals surface area (Å²) in [6, 6.07) is 22.3. The van der Waals surface area contributed by atoms with Crippen molar-refractivity contribution in [1.29, 1.82) is 0 Å². The molecule has 0 saturated heterocycles. The fourth-order valence-electron chi connectivity index (χ4n) is 6.25. The number of aromatic nitrogens is 2. The van der Waals surface area contributed by atoms with Gasteiger partial charge < -0.3 is 15.2 Å². The molecule has 12 heteroatoms. The molecule has 1 aromatic heterocycles. The van der Waals surface area contributed by atoms with Gasteiger partial charge in [-0.05, 0) is 40.5 Å². The number of benzene rings is 3. The minimum atomic E-state index is -2.20. The molecular formula is C38H44N6O6. The topological polar surface area (TPSA) is 157 Å². The van der Waals surface area contributed by atoms with Gasteiger partial charge in [-0.2, -0.15) is 0 Å². The first-order chi connectivity index (χ1) is 23.9. The highest BCUT2D eigenvalue weighted by molar-refractivity contribution is 5.87. The number of fused-ring (bicyclic) bond motifs is 1.